The van der Waals surface area contributed by atoms with Crippen LogP contribution in [0, 0.1) is 6.57 Å². The predicted molar refractivity (Wildman–Crippen MR) is 67.2 cm³/mol. The summed E-state index contributed by atoms with van der Waals surface area (Å²) in [5.41, 5.74) is 1.63. The molecule has 0 spiro atoms. The van der Waals surface area contributed by atoms with Crippen LogP contribution < -0.4 is 0 Å². The molecule has 0 saturated carbocycles. The Morgan fingerprint density at radius 2 is 1.58 bits per heavy atom. The zero-order valence-electron chi connectivity index (χ0n) is 9.91. The molecule has 0 fully saturated rings. The molecule has 0 N–H and O–H groups in total. The second-order valence-corrected chi connectivity index (χ2v) is 4.05. The highest BCUT2D eigenvalue weighted by Gasteiger charge is 2.30. The van der Waals surface area contributed by atoms with Crippen LogP contribution in [0.15, 0.2) is 48.5 Å². The third kappa shape index (κ3) is 2.94. The molecular weight excluding hydrogens is 251 g/mol. The minimum atomic E-state index is -4.32. The summed E-state index contributed by atoms with van der Waals surface area (Å²) in [6.07, 6.45) is -4.32. The smallest absolute Gasteiger partial charge is 0.312 e. The highest BCUT2D eigenvalue weighted by Crippen LogP contribution is 2.31. The van der Waals surface area contributed by atoms with E-state index in [0.717, 1.165) is 23.3 Å². The molecule has 2 aromatic rings. The van der Waals surface area contributed by atoms with E-state index in [1.807, 2.05) is 18.2 Å². The Kier molecular flexibility index (Phi) is 3.57. The third-order valence-electron chi connectivity index (χ3n) is 2.79. The molecule has 0 amide bonds. The van der Waals surface area contributed by atoms with E-state index in [0.29, 0.717) is 5.56 Å². The molecule has 2 aromatic carbocycles. The van der Waals surface area contributed by atoms with E-state index in [4.69, 9.17) is 6.57 Å². The van der Waals surface area contributed by atoms with Gasteiger partial charge in [-0.25, -0.2) is 6.57 Å². The first-order chi connectivity index (χ1) is 9.02. The number of hydrogen-bond donors (Lipinski definition) is 0. The molecule has 0 heterocycles. The Morgan fingerprint density at radius 3 is 2.16 bits per heavy atom. The number of nitrogens with zero attached hydrogens (tertiary/aromatic N) is 1. The molecule has 19 heavy (non-hydrogen) atoms. The summed E-state index contributed by atoms with van der Waals surface area (Å²) in [5.74, 6) is 0. The maximum atomic E-state index is 12.5. The first kappa shape index (κ1) is 13.2. The Labute approximate surface area is 109 Å². The average molecular weight is 261 g/mol. The minimum Gasteiger partial charge on any atom is -0.312 e. The van der Waals surface area contributed by atoms with Crippen LogP contribution in [0.25, 0.3) is 16.0 Å². The van der Waals surface area contributed by atoms with Crippen molar-refractivity contribution in [1.29, 1.82) is 0 Å². The summed E-state index contributed by atoms with van der Waals surface area (Å²) in [6.45, 7) is 7.11. The first-order valence-corrected chi connectivity index (χ1v) is 5.61. The lowest BCUT2D eigenvalue weighted by Crippen LogP contribution is -2.04. The largest absolute Gasteiger partial charge is 0.416 e. The summed E-state index contributed by atoms with van der Waals surface area (Å²) < 4.78 is 37.4. The van der Waals surface area contributed by atoms with Gasteiger partial charge in [-0.15, -0.1) is 0 Å². The van der Waals surface area contributed by atoms with Gasteiger partial charge in [-0.1, -0.05) is 36.4 Å². The molecule has 4 heteroatoms. The average Bonchev–Trinajstić information content (AvgIpc) is 2.39. The normalized spacial score (nSPS) is 11.1. The number of benzene rings is 2. The van der Waals surface area contributed by atoms with Crippen molar-refractivity contribution >= 4 is 0 Å². The molecule has 2 rings (SSSR count). The van der Waals surface area contributed by atoms with Gasteiger partial charge in [0.05, 0.1) is 5.56 Å². The van der Waals surface area contributed by atoms with Crippen LogP contribution in [-0.4, -0.2) is 0 Å². The van der Waals surface area contributed by atoms with Crippen molar-refractivity contribution in [2.45, 2.75) is 12.7 Å². The lowest BCUT2D eigenvalue weighted by atomic mass is 9.98. The van der Waals surface area contributed by atoms with Gasteiger partial charge in [0.2, 0.25) is 6.54 Å². The molecule has 0 bridgehead atoms. The summed E-state index contributed by atoms with van der Waals surface area (Å²) >= 11 is 0. The fraction of sp³-hybridized carbons (Fsp3) is 0.133. The molecule has 0 atom stereocenters. The van der Waals surface area contributed by atoms with Crippen LogP contribution in [0.4, 0.5) is 13.2 Å². The quantitative estimate of drug-likeness (QED) is 0.684. The minimum absolute atomic E-state index is 0.219. The van der Waals surface area contributed by atoms with Gasteiger partial charge < -0.3 is 4.85 Å². The van der Waals surface area contributed by atoms with E-state index in [1.165, 1.54) is 12.1 Å². The monoisotopic (exact) mass is 261 g/mol. The molecule has 0 unspecified atom stereocenters. The first-order valence-electron chi connectivity index (χ1n) is 5.61. The van der Waals surface area contributed by atoms with Gasteiger partial charge in [0.15, 0.2) is 0 Å². The standard InChI is InChI=1S/C15H10F3N/c1-19-10-12-4-2-3-5-14(12)11-6-8-13(9-7-11)15(16,17)18/h2-9H,10H2. The Hall–Kier alpha value is -2.28. The fourth-order valence-electron chi connectivity index (χ4n) is 1.86. The molecule has 0 aliphatic carbocycles. The van der Waals surface area contributed by atoms with Crippen molar-refractivity contribution < 1.29 is 13.2 Å². The van der Waals surface area contributed by atoms with E-state index < -0.39 is 11.7 Å². The lowest BCUT2D eigenvalue weighted by molar-refractivity contribution is -0.137. The van der Waals surface area contributed by atoms with E-state index in [9.17, 15) is 13.2 Å². The zero-order valence-corrected chi connectivity index (χ0v) is 9.91. The molecule has 0 aliphatic rings. The van der Waals surface area contributed by atoms with Crippen molar-refractivity contribution in [3.8, 4) is 11.1 Å². The Bertz CT molecular complexity index is 607. The van der Waals surface area contributed by atoms with Gasteiger partial charge in [-0.3, -0.25) is 0 Å². The highest BCUT2D eigenvalue weighted by molar-refractivity contribution is 5.67. The van der Waals surface area contributed by atoms with Crippen molar-refractivity contribution in [1.82, 2.24) is 0 Å². The summed E-state index contributed by atoms with van der Waals surface area (Å²) in [4.78, 5) is 3.32. The molecule has 0 aromatic heterocycles. The second-order valence-electron chi connectivity index (χ2n) is 4.05. The van der Waals surface area contributed by atoms with Gasteiger partial charge >= 0.3 is 6.18 Å². The maximum Gasteiger partial charge on any atom is 0.416 e. The highest BCUT2D eigenvalue weighted by atomic mass is 19.4. The molecule has 1 nitrogen and oxygen atoms in total. The number of halogens is 3. The third-order valence-corrected chi connectivity index (χ3v) is 2.79. The second kappa shape index (κ2) is 5.15. The SMILES string of the molecule is [C-]#[N+]Cc1ccccc1-c1ccc(C(F)(F)F)cc1. The van der Waals surface area contributed by atoms with Crippen molar-refractivity contribution in [3.05, 3.63) is 71.1 Å². The van der Waals surface area contributed by atoms with Crippen LogP contribution in [-0.2, 0) is 12.7 Å². The van der Waals surface area contributed by atoms with Gasteiger partial charge in [0.25, 0.3) is 0 Å². The van der Waals surface area contributed by atoms with E-state index in [-0.39, 0.29) is 6.54 Å². The van der Waals surface area contributed by atoms with Crippen molar-refractivity contribution in [2.75, 3.05) is 0 Å². The van der Waals surface area contributed by atoms with Crippen LogP contribution in [0.1, 0.15) is 11.1 Å². The molecule has 96 valence electrons. The summed E-state index contributed by atoms with van der Waals surface area (Å²) in [7, 11) is 0. The molecule has 0 aliphatic heterocycles. The van der Waals surface area contributed by atoms with Gasteiger partial charge in [-0.2, -0.15) is 13.2 Å². The topological polar surface area (TPSA) is 4.36 Å². The number of alkyl halides is 3. The molecule has 0 saturated heterocycles. The van der Waals surface area contributed by atoms with E-state index >= 15 is 0 Å². The van der Waals surface area contributed by atoms with Crippen LogP contribution in [0.3, 0.4) is 0 Å². The number of hydrogen-bond acceptors (Lipinski definition) is 0. The molecule has 0 radical (unpaired) electrons. The van der Waals surface area contributed by atoms with E-state index in [2.05, 4.69) is 4.85 Å². The Morgan fingerprint density at radius 1 is 0.947 bits per heavy atom. The predicted octanol–water partition coefficient (Wildman–Crippen LogP) is 4.79. The van der Waals surface area contributed by atoms with E-state index in [1.54, 1.807) is 6.07 Å². The van der Waals surface area contributed by atoms with Crippen molar-refractivity contribution in [3.63, 3.8) is 0 Å². The Balaban J connectivity index is 2.41. The van der Waals surface area contributed by atoms with Gasteiger partial charge in [0, 0.05) is 5.56 Å². The summed E-state index contributed by atoms with van der Waals surface area (Å²) in [5, 5.41) is 0. The zero-order chi connectivity index (χ0) is 13.9. The van der Waals surface area contributed by atoms with Gasteiger partial charge in [0.1, 0.15) is 0 Å². The van der Waals surface area contributed by atoms with Crippen LogP contribution >= 0.6 is 0 Å². The van der Waals surface area contributed by atoms with Gasteiger partial charge in [-0.05, 0) is 23.3 Å². The maximum absolute atomic E-state index is 12.5. The van der Waals surface area contributed by atoms with Crippen LogP contribution in [0.2, 0.25) is 0 Å². The lowest BCUT2D eigenvalue weighted by Gasteiger charge is -2.09. The molecular formula is C15H10F3N. The van der Waals surface area contributed by atoms with Crippen molar-refractivity contribution in [2.24, 2.45) is 0 Å². The summed E-state index contributed by atoms with van der Waals surface area (Å²) in [6, 6.07) is 12.2. The fourth-order valence-corrected chi connectivity index (χ4v) is 1.86. The van der Waals surface area contributed by atoms with Crippen LogP contribution in [0.5, 0.6) is 0 Å². The number of rotatable bonds is 2.